The van der Waals surface area contributed by atoms with Gasteiger partial charge in [0.25, 0.3) is 0 Å². The fourth-order valence-electron chi connectivity index (χ4n) is 8.60. The number of nitrogens with one attached hydrogen (secondary N) is 1. The number of hydrogen-bond acceptors (Lipinski definition) is 18. The van der Waals surface area contributed by atoms with E-state index in [0.29, 0.717) is 104 Å². The molecule has 0 aliphatic carbocycles. The molecule has 1 atom stereocenters. The molecular formula is C54H104N4O16Si4. The monoisotopic (exact) mass is 1180 g/mol. The van der Waals surface area contributed by atoms with Crippen LogP contribution in [-0.2, 0) is 53.1 Å². The summed E-state index contributed by atoms with van der Waals surface area (Å²) >= 11 is 0. The first-order chi connectivity index (χ1) is 37.5. The van der Waals surface area contributed by atoms with Gasteiger partial charge in [-0.3, -0.25) is 25.1 Å². The van der Waals surface area contributed by atoms with Crippen molar-refractivity contribution in [1.82, 2.24) is 10.2 Å². The lowest BCUT2D eigenvalue weighted by molar-refractivity contribution is -0.488. The van der Waals surface area contributed by atoms with Gasteiger partial charge >= 0.3 is 35.2 Å². The lowest BCUT2D eigenvalue weighted by atomic mass is 10.0. The zero-order valence-electron chi connectivity index (χ0n) is 50.4. The molecule has 0 spiro atoms. The lowest BCUT2D eigenvalue weighted by Gasteiger charge is -2.33. The van der Waals surface area contributed by atoms with Gasteiger partial charge in [0.2, 0.25) is 12.7 Å². The number of nitro groups is 2. The van der Waals surface area contributed by atoms with Crippen molar-refractivity contribution in [3.05, 3.63) is 97.2 Å². The summed E-state index contributed by atoms with van der Waals surface area (Å²) in [4.78, 5) is 23.3. The van der Waals surface area contributed by atoms with Crippen LogP contribution in [0, 0.1) is 34.1 Å². The molecule has 2 aromatic rings. The van der Waals surface area contributed by atoms with E-state index in [9.17, 15) is 20.2 Å². The number of nitrogens with zero attached hydrogens (tertiary/aromatic N) is 3. The van der Waals surface area contributed by atoms with E-state index < -0.39 is 40.1 Å². The first-order valence-corrected chi connectivity index (χ1v) is 36.4. The maximum absolute atomic E-state index is 11.8. The molecule has 0 saturated carbocycles. The minimum absolute atomic E-state index is 0.182. The second-order valence-corrected chi connectivity index (χ2v) is 28.5. The van der Waals surface area contributed by atoms with Crippen molar-refractivity contribution in [2.75, 3.05) is 112 Å². The van der Waals surface area contributed by atoms with Crippen LogP contribution in [0.5, 0.6) is 0 Å². The summed E-state index contributed by atoms with van der Waals surface area (Å²) in [5.41, 5.74) is 4.04. The Kier molecular flexibility index (Phi) is 44.3. The number of rotatable bonds is 46. The predicted octanol–water partition coefficient (Wildman–Crippen LogP) is 11.2. The zero-order valence-corrected chi connectivity index (χ0v) is 54.4. The molecule has 20 nitrogen and oxygen atoms in total. The largest absolute Gasteiger partial charge is 0.500 e. The minimum Gasteiger partial charge on any atom is -0.374 e. The Morgan fingerprint density at radius 1 is 0.462 bits per heavy atom. The Balaban J connectivity index is 0.00000130. The molecule has 0 amide bonds. The first kappa shape index (κ1) is 75.3. The van der Waals surface area contributed by atoms with Crippen molar-refractivity contribution in [3.8, 4) is 0 Å². The Hall–Kier alpha value is -2.71. The van der Waals surface area contributed by atoms with Crippen LogP contribution in [0.4, 0.5) is 0 Å². The highest BCUT2D eigenvalue weighted by molar-refractivity contribution is 6.61. The molecule has 0 aliphatic rings. The normalized spacial score (nSPS) is 12.6. The van der Waals surface area contributed by atoms with Crippen LogP contribution in [0.1, 0.15) is 137 Å². The van der Waals surface area contributed by atoms with Crippen molar-refractivity contribution in [1.29, 1.82) is 0 Å². The SMILES string of the molecule is CCO[Si](CCCN(CCC[Si](OCC)(OCC)OCC)C(C[N+](=O)[O-])c1ccc(C)cc1)(OCC)OCC.CCO[Si](CCCNCCC[Si](OCC)(OCC)OCC)(OCC)OCC.Cc1ccc(/C=C/[N+](=O)[O-])cc1. The van der Waals surface area contributed by atoms with Gasteiger partial charge in [-0.15, -0.1) is 0 Å². The van der Waals surface area contributed by atoms with E-state index in [0.717, 1.165) is 79.3 Å². The smallest absolute Gasteiger partial charge is 0.374 e. The Morgan fingerprint density at radius 3 is 1.01 bits per heavy atom. The van der Waals surface area contributed by atoms with E-state index in [1.807, 2.05) is 145 Å². The number of benzene rings is 2. The summed E-state index contributed by atoms with van der Waals surface area (Å²) in [6.07, 6.45) is 5.81. The van der Waals surface area contributed by atoms with E-state index in [1.54, 1.807) is 0 Å². The lowest BCUT2D eigenvalue weighted by Crippen LogP contribution is -2.47. The van der Waals surface area contributed by atoms with Gasteiger partial charge in [0.15, 0.2) is 0 Å². The maximum Gasteiger partial charge on any atom is 0.500 e. The van der Waals surface area contributed by atoms with Crippen LogP contribution in [0.25, 0.3) is 6.08 Å². The minimum atomic E-state index is -2.82. The van der Waals surface area contributed by atoms with E-state index in [1.165, 1.54) is 6.08 Å². The van der Waals surface area contributed by atoms with Crippen LogP contribution in [0.3, 0.4) is 0 Å². The average molecular weight is 1180 g/mol. The summed E-state index contributed by atoms with van der Waals surface area (Å²) in [5, 5.41) is 25.3. The summed E-state index contributed by atoms with van der Waals surface area (Å²) in [5.74, 6) is 0. The van der Waals surface area contributed by atoms with Crippen molar-refractivity contribution in [3.63, 3.8) is 0 Å². The van der Waals surface area contributed by atoms with E-state index in [4.69, 9.17) is 53.1 Å². The first-order valence-electron chi connectivity index (χ1n) is 28.7. The molecule has 0 bridgehead atoms. The van der Waals surface area contributed by atoms with Gasteiger partial charge in [-0.2, -0.15) is 0 Å². The fraction of sp³-hybridized carbons (Fsp3) is 0.741. The molecule has 0 saturated heterocycles. The van der Waals surface area contributed by atoms with Crippen molar-refractivity contribution >= 4 is 41.3 Å². The summed E-state index contributed by atoms with van der Waals surface area (Å²) < 4.78 is 71.6. The zero-order chi connectivity index (χ0) is 58.6. The molecule has 452 valence electrons. The van der Waals surface area contributed by atoms with Crippen LogP contribution < -0.4 is 5.32 Å². The van der Waals surface area contributed by atoms with Crippen molar-refractivity contribution in [2.24, 2.45) is 0 Å². The third-order valence-electron chi connectivity index (χ3n) is 11.6. The Morgan fingerprint density at radius 2 is 0.744 bits per heavy atom. The Labute approximate surface area is 474 Å². The standard InChI is InChI=1S/C27H52N2O8Si2.C18H43NO6Si2.C9H9NO2/c1-8-32-38(33-9-2,34-10-3)22-14-20-28(21-15-23-39(35-11-4,36-12-5)37-13-6)27(24-29(30)31)26-18-16-25(7)17-19-26;1-7-20-26(21-8-2,22-9-3)17-13-15-19-16-14-18-27(23-10-4,24-11-5)25-12-6;1-8-2-4-9(5-3-8)6-7-10(11)12/h16-19,27H,8-15,20-24H2,1-7H3;19H,7-18H2,1-6H3;2-7H,1H3/b;;7-6+. The molecule has 0 aliphatic heterocycles. The van der Waals surface area contributed by atoms with Crippen LogP contribution >= 0.6 is 0 Å². The van der Waals surface area contributed by atoms with Gasteiger partial charge in [0.05, 0.1) is 4.92 Å². The van der Waals surface area contributed by atoms with E-state index in [-0.39, 0.29) is 17.5 Å². The van der Waals surface area contributed by atoms with Gasteiger partial charge in [-0.1, -0.05) is 59.7 Å². The van der Waals surface area contributed by atoms with Gasteiger partial charge in [0, 0.05) is 114 Å². The molecule has 24 heteroatoms. The fourth-order valence-corrected chi connectivity index (χ4v) is 19.0. The second kappa shape index (κ2) is 45.8. The van der Waals surface area contributed by atoms with Gasteiger partial charge in [-0.05, 0) is 160 Å². The molecule has 0 radical (unpaired) electrons. The second-order valence-electron chi connectivity index (χ2n) is 17.6. The third kappa shape index (κ3) is 32.7. The molecule has 0 aromatic heterocycles. The highest BCUT2D eigenvalue weighted by Crippen LogP contribution is 2.27. The molecule has 1 N–H and O–H groups in total. The van der Waals surface area contributed by atoms with Gasteiger partial charge in [-0.25, -0.2) is 0 Å². The topological polar surface area (TPSA) is 212 Å². The highest BCUT2D eigenvalue weighted by atomic mass is 28.4. The summed E-state index contributed by atoms with van der Waals surface area (Å²) in [6.45, 7) is 37.4. The van der Waals surface area contributed by atoms with Crippen LogP contribution in [0.2, 0.25) is 24.2 Å². The Bertz CT molecular complexity index is 1680. The molecule has 2 aromatic carbocycles. The predicted molar refractivity (Wildman–Crippen MR) is 318 cm³/mol. The van der Waals surface area contributed by atoms with Gasteiger partial charge in [0.1, 0.15) is 6.04 Å². The average Bonchev–Trinajstić information content (AvgIpc) is 3.39. The molecular weight excluding hydrogens is 1070 g/mol. The van der Waals surface area contributed by atoms with E-state index >= 15 is 0 Å². The number of hydrogen-bond donors (Lipinski definition) is 1. The van der Waals surface area contributed by atoms with Gasteiger partial charge < -0.3 is 58.4 Å². The summed E-state index contributed by atoms with van der Waals surface area (Å²) in [7, 11) is -10.7. The molecule has 1 unspecified atom stereocenters. The van der Waals surface area contributed by atoms with Crippen molar-refractivity contribution < 1.29 is 63.0 Å². The quantitative estimate of drug-likeness (QED) is 0.0282. The number of aryl methyl sites for hydroxylation is 2. The van der Waals surface area contributed by atoms with Crippen LogP contribution in [0.15, 0.2) is 54.7 Å². The molecule has 78 heavy (non-hydrogen) atoms. The molecule has 0 fully saturated rings. The summed E-state index contributed by atoms with van der Waals surface area (Å²) in [6, 6.07) is 18.1. The third-order valence-corrected chi connectivity index (χ3v) is 24.2. The molecule has 2 rings (SSSR count). The van der Waals surface area contributed by atoms with Crippen molar-refractivity contribution in [2.45, 2.75) is 153 Å². The maximum atomic E-state index is 11.8. The van der Waals surface area contributed by atoms with Crippen LogP contribution in [-0.4, -0.2) is 162 Å². The highest BCUT2D eigenvalue weighted by Gasteiger charge is 2.43. The molecule has 0 heterocycles. The van der Waals surface area contributed by atoms with E-state index in [2.05, 4.69) is 10.2 Å².